The van der Waals surface area contributed by atoms with Gasteiger partial charge in [0.2, 0.25) is 5.95 Å². The maximum absolute atomic E-state index is 13.2. The molecule has 1 saturated heterocycles. The van der Waals surface area contributed by atoms with Gasteiger partial charge in [-0.2, -0.15) is 18.4 Å². The SMILES string of the molecule is CC(Nc1ncc(C#N)c(/C(=C/N)c2cncc(C(F)(F)F)c2)n1)c1ccc(C2(O)CCN(C)CC2)nc1. The molecule has 38 heavy (non-hydrogen) atoms. The molecule has 1 atom stereocenters. The van der Waals surface area contributed by atoms with Gasteiger partial charge in [-0.3, -0.25) is 9.97 Å². The highest BCUT2D eigenvalue weighted by molar-refractivity contribution is 5.80. The van der Waals surface area contributed by atoms with Crippen molar-refractivity contribution in [1.29, 1.82) is 5.26 Å². The van der Waals surface area contributed by atoms with E-state index in [-0.39, 0.29) is 34.4 Å². The van der Waals surface area contributed by atoms with E-state index in [9.17, 15) is 23.5 Å². The van der Waals surface area contributed by atoms with Gasteiger partial charge in [0, 0.05) is 49.0 Å². The molecule has 0 aliphatic carbocycles. The highest BCUT2D eigenvalue weighted by Gasteiger charge is 2.34. The summed E-state index contributed by atoms with van der Waals surface area (Å²) in [5.74, 6) is 0.142. The molecule has 4 heterocycles. The zero-order valence-corrected chi connectivity index (χ0v) is 20.9. The van der Waals surface area contributed by atoms with Gasteiger partial charge in [-0.15, -0.1) is 0 Å². The molecular formula is C26H27F3N8O. The number of pyridine rings is 2. The highest BCUT2D eigenvalue weighted by atomic mass is 19.4. The van der Waals surface area contributed by atoms with Gasteiger partial charge < -0.3 is 21.1 Å². The Morgan fingerprint density at radius 3 is 2.55 bits per heavy atom. The smallest absolute Gasteiger partial charge is 0.404 e. The van der Waals surface area contributed by atoms with E-state index in [0.717, 1.165) is 30.9 Å². The molecule has 0 saturated carbocycles. The van der Waals surface area contributed by atoms with E-state index in [1.165, 1.54) is 12.4 Å². The molecule has 4 rings (SSSR count). The van der Waals surface area contributed by atoms with Crippen molar-refractivity contribution in [2.24, 2.45) is 5.73 Å². The number of nitrogens with two attached hydrogens (primary N) is 1. The Morgan fingerprint density at radius 1 is 1.21 bits per heavy atom. The number of nitrogens with one attached hydrogen (secondary N) is 1. The number of nitriles is 1. The topological polar surface area (TPSA) is 137 Å². The first-order valence-corrected chi connectivity index (χ1v) is 11.9. The lowest BCUT2D eigenvalue weighted by molar-refractivity contribution is -0.137. The highest BCUT2D eigenvalue weighted by Crippen LogP contribution is 2.33. The minimum absolute atomic E-state index is 0.0368. The first kappa shape index (κ1) is 27.0. The molecule has 1 aliphatic heterocycles. The van der Waals surface area contributed by atoms with Crippen molar-refractivity contribution in [3.63, 3.8) is 0 Å². The van der Waals surface area contributed by atoms with Crippen LogP contribution in [0.1, 0.15) is 59.4 Å². The predicted molar refractivity (Wildman–Crippen MR) is 134 cm³/mol. The Kier molecular flexibility index (Phi) is 7.61. The Bertz CT molecular complexity index is 1360. The number of aliphatic hydroxyl groups is 1. The molecular weight excluding hydrogens is 497 g/mol. The van der Waals surface area contributed by atoms with E-state index in [2.05, 4.69) is 30.2 Å². The third-order valence-electron chi connectivity index (χ3n) is 6.63. The second-order valence-electron chi connectivity index (χ2n) is 9.29. The molecule has 198 valence electrons. The summed E-state index contributed by atoms with van der Waals surface area (Å²) in [5, 5.41) is 23.7. The van der Waals surface area contributed by atoms with E-state index in [4.69, 9.17) is 5.73 Å². The number of likely N-dealkylation sites (tertiary alicyclic amines) is 1. The molecule has 12 heteroatoms. The fraction of sp³-hybridized carbons (Fsp3) is 0.346. The van der Waals surface area contributed by atoms with Crippen molar-refractivity contribution in [3.05, 3.63) is 82.8 Å². The average Bonchev–Trinajstić information content (AvgIpc) is 2.91. The quantitative estimate of drug-likeness (QED) is 0.442. The van der Waals surface area contributed by atoms with E-state index < -0.39 is 17.3 Å². The number of hydrogen-bond donors (Lipinski definition) is 3. The minimum atomic E-state index is -4.60. The van der Waals surface area contributed by atoms with Crippen molar-refractivity contribution in [2.75, 3.05) is 25.5 Å². The molecule has 0 amide bonds. The molecule has 0 radical (unpaired) electrons. The summed E-state index contributed by atoms with van der Waals surface area (Å²) in [4.78, 5) is 18.9. The Morgan fingerprint density at radius 2 is 1.95 bits per heavy atom. The minimum Gasteiger partial charge on any atom is -0.404 e. The summed E-state index contributed by atoms with van der Waals surface area (Å²) >= 11 is 0. The number of hydrogen-bond acceptors (Lipinski definition) is 9. The van der Waals surface area contributed by atoms with Gasteiger partial charge in [-0.25, -0.2) is 9.97 Å². The first-order chi connectivity index (χ1) is 18.0. The summed E-state index contributed by atoms with van der Waals surface area (Å²) in [5.41, 5.74) is 5.54. The summed E-state index contributed by atoms with van der Waals surface area (Å²) < 4.78 is 39.7. The van der Waals surface area contributed by atoms with Crippen LogP contribution in [0.4, 0.5) is 19.1 Å². The fourth-order valence-electron chi connectivity index (χ4n) is 4.25. The maximum Gasteiger partial charge on any atom is 0.417 e. The zero-order chi connectivity index (χ0) is 27.5. The van der Waals surface area contributed by atoms with Crippen LogP contribution in [-0.2, 0) is 11.8 Å². The van der Waals surface area contributed by atoms with E-state index in [1.54, 1.807) is 12.3 Å². The van der Waals surface area contributed by atoms with Crippen LogP contribution >= 0.6 is 0 Å². The van der Waals surface area contributed by atoms with Gasteiger partial charge in [-0.1, -0.05) is 6.07 Å². The van der Waals surface area contributed by atoms with Gasteiger partial charge in [0.1, 0.15) is 11.7 Å². The molecule has 3 aromatic heterocycles. The number of alkyl halides is 3. The molecule has 1 unspecified atom stereocenters. The second kappa shape index (κ2) is 10.7. The third-order valence-corrected chi connectivity index (χ3v) is 6.63. The molecule has 0 bridgehead atoms. The molecule has 1 aliphatic rings. The lowest BCUT2D eigenvalue weighted by atomic mass is 9.87. The van der Waals surface area contributed by atoms with Crippen LogP contribution in [0, 0.1) is 11.3 Å². The summed E-state index contributed by atoms with van der Waals surface area (Å²) in [6.07, 6.45) is 2.58. The van der Waals surface area contributed by atoms with Crippen LogP contribution in [0.5, 0.6) is 0 Å². The van der Waals surface area contributed by atoms with Crippen LogP contribution in [0.25, 0.3) is 5.57 Å². The number of halogens is 3. The monoisotopic (exact) mass is 524 g/mol. The van der Waals surface area contributed by atoms with Crippen molar-refractivity contribution in [3.8, 4) is 6.07 Å². The number of nitrogens with zero attached hydrogens (tertiary/aromatic N) is 6. The van der Waals surface area contributed by atoms with Gasteiger partial charge in [0.05, 0.1) is 34.8 Å². The number of anilines is 1. The molecule has 0 aromatic carbocycles. The summed E-state index contributed by atoms with van der Waals surface area (Å²) in [6, 6.07) is 6.20. The van der Waals surface area contributed by atoms with Gasteiger partial charge in [0.25, 0.3) is 0 Å². The molecule has 0 spiro atoms. The maximum atomic E-state index is 13.2. The lowest BCUT2D eigenvalue weighted by Crippen LogP contribution is -2.41. The van der Waals surface area contributed by atoms with Gasteiger partial charge >= 0.3 is 6.18 Å². The fourth-order valence-corrected chi connectivity index (χ4v) is 4.25. The van der Waals surface area contributed by atoms with Crippen LogP contribution in [0.2, 0.25) is 0 Å². The van der Waals surface area contributed by atoms with Crippen molar-refractivity contribution >= 4 is 11.5 Å². The van der Waals surface area contributed by atoms with Gasteiger partial charge in [-0.05, 0) is 44.5 Å². The van der Waals surface area contributed by atoms with Crippen molar-refractivity contribution in [1.82, 2.24) is 24.8 Å². The zero-order valence-electron chi connectivity index (χ0n) is 20.9. The summed E-state index contributed by atoms with van der Waals surface area (Å²) in [6.45, 7) is 3.43. The predicted octanol–water partition coefficient (Wildman–Crippen LogP) is 3.59. The van der Waals surface area contributed by atoms with E-state index >= 15 is 0 Å². The summed E-state index contributed by atoms with van der Waals surface area (Å²) in [7, 11) is 2.02. The van der Waals surface area contributed by atoms with Gasteiger partial charge in [0.15, 0.2) is 0 Å². The van der Waals surface area contributed by atoms with Crippen LogP contribution in [0.3, 0.4) is 0 Å². The molecule has 4 N–H and O–H groups in total. The van der Waals surface area contributed by atoms with Crippen molar-refractivity contribution in [2.45, 2.75) is 37.6 Å². The largest absolute Gasteiger partial charge is 0.417 e. The number of piperidine rings is 1. The van der Waals surface area contributed by atoms with E-state index in [1.807, 2.05) is 26.1 Å². The standard InChI is InChI=1S/C26H27F3N8O/c1-16(17-3-4-22(33-13-17)25(38)5-7-37(2)8-6-25)35-24-34-14-19(10-30)23(36-24)21(11-31)18-9-20(15-32-12-18)26(27,28)29/h3-4,9,11-16,38H,5-8,31H2,1-2H3,(H,34,35,36)/b21-11+. The lowest BCUT2D eigenvalue weighted by Gasteiger charge is -2.36. The van der Waals surface area contributed by atoms with Crippen molar-refractivity contribution < 1.29 is 18.3 Å². The number of rotatable bonds is 6. The third kappa shape index (κ3) is 5.74. The average molecular weight is 525 g/mol. The van der Waals surface area contributed by atoms with Crippen LogP contribution < -0.4 is 11.1 Å². The Hall–Kier alpha value is -4.08. The number of aromatic nitrogens is 4. The first-order valence-electron chi connectivity index (χ1n) is 11.9. The normalized spacial score (nSPS) is 17.0. The van der Waals surface area contributed by atoms with Crippen LogP contribution in [0.15, 0.2) is 49.2 Å². The second-order valence-corrected chi connectivity index (χ2v) is 9.29. The Balaban J connectivity index is 1.57. The van der Waals surface area contributed by atoms with Crippen LogP contribution in [-0.4, -0.2) is 50.1 Å². The Labute approximate surface area is 217 Å². The van der Waals surface area contributed by atoms with E-state index in [0.29, 0.717) is 24.7 Å². The molecule has 1 fully saturated rings. The molecule has 9 nitrogen and oxygen atoms in total. The molecule has 3 aromatic rings.